The van der Waals surface area contributed by atoms with Gasteiger partial charge in [-0.1, -0.05) is 19.8 Å². The Balaban J connectivity index is 1.77. The van der Waals surface area contributed by atoms with Crippen LogP contribution in [0.1, 0.15) is 55.8 Å². The van der Waals surface area contributed by atoms with Gasteiger partial charge in [0.2, 0.25) is 0 Å². The van der Waals surface area contributed by atoms with Crippen molar-refractivity contribution in [1.29, 1.82) is 0 Å². The molecule has 6 heteroatoms. The Bertz CT molecular complexity index is 688. The van der Waals surface area contributed by atoms with Crippen molar-refractivity contribution in [3.8, 4) is 0 Å². The van der Waals surface area contributed by atoms with E-state index < -0.39 is 9.84 Å². The van der Waals surface area contributed by atoms with Gasteiger partial charge in [0.05, 0.1) is 10.1 Å². The first-order valence-electron chi connectivity index (χ1n) is 9.39. The highest BCUT2D eigenvalue weighted by atomic mass is 32.2. The molecule has 1 unspecified atom stereocenters. The molecule has 1 aromatic carbocycles. The zero-order valence-corrected chi connectivity index (χ0v) is 15.7. The number of amides is 1. The van der Waals surface area contributed by atoms with E-state index in [4.69, 9.17) is 0 Å². The quantitative estimate of drug-likeness (QED) is 0.843. The van der Waals surface area contributed by atoms with Crippen LogP contribution in [0.5, 0.6) is 0 Å². The number of hydrogen-bond acceptors (Lipinski definition) is 4. The van der Waals surface area contributed by atoms with Crippen molar-refractivity contribution in [3.63, 3.8) is 0 Å². The molecule has 1 saturated heterocycles. The lowest BCUT2D eigenvalue weighted by atomic mass is 10.1. The van der Waals surface area contributed by atoms with Crippen LogP contribution >= 0.6 is 0 Å². The van der Waals surface area contributed by atoms with Crippen LogP contribution in [0, 0.1) is 0 Å². The number of sulfone groups is 1. The van der Waals surface area contributed by atoms with Gasteiger partial charge in [0, 0.05) is 24.7 Å². The van der Waals surface area contributed by atoms with Gasteiger partial charge in [-0.3, -0.25) is 4.79 Å². The summed E-state index contributed by atoms with van der Waals surface area (Å²) < 4.78 is 25.3. The van der Waals surface area contributed by atoms with E-state index in [1.54, 1.807) is 24.3 Å². The van der Waals surface area contributed by atoms with Crippen molar-refractivity contribution in [1.82, 2.24) is 10.2 Å². The van der Waals surface area contributed by atoms with E-state index in [9.17, 15) is 13.2 Å². The minimum atomic E-state index is -3.26. The van der Waals surface area contributed by atoms with Gasteiger partial charge in [0.1, 0.15) is 0 Å². The number of hydrogen-bond donors (Lipinski definition) is 1. The second-order valence-electron chi connectivity index (χ2n) is 7.12. The molecule has 1 heterocycles. The molecule has 0 spiro atoms. The zero-order chi connectivity index (χ0) is 17.9. The van der Waals surface area contributed by atoms with Crippen molar-refractivity contribution in [3.05, 3.63) is 29.8 Å². The molecular formula is C19H28N2O3S. The molecule has 0 radical (unpaired) electrons. The fraction of sp³-hybridized carbons (Fsp3) is 0.632. The number of rotatable bonds is 6. The predicted octanol–water partition coefficient (Wildman–Crippen LogP) is 2.62. The molecular weight excluding hydrogens is 336 g/mol. The van der Waals surface area contributed by atoms with E-state index in [-0.39, 0.29) is 17.2 Å². The van der Waals surface area contributed by atoms with Crippen LogP contribution in [0.4, 0.5) is 0 Å². The highest BCUT2D eigenvalue weighted by molar-refractivity contribution is 7.92. The van der Waals surface area contributed by atoms with Crippen LogP contribution in [-0.2, 0) is 9.84 Å². The largest absolute Gasteiger partial charge is 0.334 e. The summed E-state index contributed by atoms with van der Waals surface area (Å²) in [6.45, 7) is 4.57. The molecule has 1 amide bonds. The lowest BCUT2D eigenvalue weighted by molar-refractivity contribution is 0.0692. The maximum absolute atomic E-state index is 12.9. The summed E-state index contributed by atoms with van der Waals surface area (Å²) >= 11 is 0. The predicted molar refractivity (Wildman–Crippen MR) is 98.5 cm³/mol. The highest BCUT2D eigenvalue weighted by Crippen LogP contribution is 2.29. The molecule has 5 nitrogen and oxygen atoms in total. The zero-order valence-electron chi connectivity index (χ0n) is 14.9. The van der Waals surface area contributed by atoms with Gasteiger partial charge in [-0.05, 0) is 56.5 Å². The van der Waals surface area contributed by atoms with Crippen LogP contribution in [0.2, 0.25) is 0 Å². The van der Waals surface area contributed by atoms with E-state index in [0.717, 1.165) is 58.2 Å². The van der Waals surface area contributed by atoms with Crippen LogP contribution in [0.3, 0.4) is 0 Å². The van der Waals surface area contributed by atoms with Crippen molar-refractivity contribution in [2.24, 2.45) is 0 Å². The Hall–Kier alpha value is -1.40. The van der Waals surface area contributed by atoms with Crippen LogP contribution in [0.15, 0.2) is 29.2 Å². The molecule has 2 aliphatic rings. The van der Waals surface area contributed by atoms with Gasteiger partial charge in [0.15, 0.2) is 9.84 Å². The van der Waals surface area contributed by atoms with E-state index in [0.29, 0.717) is 10.5 Å². The summed E-state index contributed by atoms with van der Waals surface area (Å²) in [6.07, 6.45) is 5.37. The molecule has 1 atom stereocenters. The van der Waals surface area contributed by atoms with Crippen molar-refractivity contribution in [2.45, 2.75) is 61.6 Å². The fourth-order valence-corrected chi connectivity index (χ4v) is 5.79. The standard InChI is InChI=1S/C19H28N2O3S/c1-2-13-21(16-11-12-20-14-16)19(22)15-7-9-18(10-8-15)25(23,24)17-5-3-4-6-17/h7-10,16-17,20H,2-6,11-14H2,1H3. The van der Waals surface area contributed by atoms with E-state index in [1.807, 2.05) is 4.90 Å². The minimum Gasteiger partial charge on any atom is -0.334 e. The molecule has 1 aromatic rings. The monoisotopic (exact) mass is 364 g/mol. The number of carbonyl (C=O) groups excluding carboxylic acids is 1. The van der Waals surface area contributed by atoms with Gasteiger partial charge in [-0.2, -0.15) is 0 Å². The first-order chi connectivity index (χ1) is 12.0. The maximum atomic E-state index is 12.9. The second kappa shape index (κ2) is 7.87. The molecule has 0 aromatic heterocycles. The lowest BCUT2D eigenvalue weighted by Gasteiger charge is -2.28. The van der Waals surface area contributed by atoms with Gasteiger partial charge in [-0.15, -0.1) is 0 Å². The van der Waals surface area contributed by atoms with Crippen molar-refractivity contribution in [2.75, 3.05) is 19.6 Å². The topological polar surface area (TPSA) is 66.5 Å². The van der Waals surface area contributed by atoms with Gasteiger partial charge < -0.3 is 10.2 Å². The Morgan fingerprint density at radius 3 is 2.40 bits per heavy atom. The summed E-state index contributed by atoms with van der Waals surface area (Å²) in [7, 11) is -3.26. The summed E-state index contributed by atoms with van der Waals surface area (Å²) in [5, 5.41) is 3.05. The van der Waals surface area contributed by atoms with Crippen LogP contribution in [0.25, 0.3) is 0 Å². The Kier molecular flexibility index (Phi) is 5.79. The van der Waals surface area contributed by atoms with E-state index in [2.05, 4.69) is 12.2 Å². The normalized spacial score (nSPS) is 21.6. The van der Waals surface area contributed by atoms with E-state index >= 15 is 0 Å². The molecule has 2 fully saturated rings. The summed E-state index contributed by atoms with van der Waals surface area (Å²) in [6, 6.07) is 6.80. The van der Waals surface area contributed by atoms with Gasteiger partial charge >= 0.3 is 0 Å². The van der Waals surface area contributed by atoms with E-state index in [1.165, 1.54) is 0 Å². The summed E-state index contributed by atoms with van der Waals surface area (Å²) in [5.74, 6) is 0.000337. The second-order valence-corrected chi connectivity index (χ2v) is 9.35. The summed E-state index contributed by atoms with van der Waals surface area (Å²) in [4.78, 5) is 15.2. The number of benzene rings is 1. The molecule has 3 rings (SSSR count). The lowest BCUT2D eigenvalue weighted by Crippen LogP contribution is -2.42. The Morgan fingerprint density at radius 2 is 1.84 bits per heavy atom. The number of nitrogens with zero attached hydrogens (tertiary/aromatic N) is 1. The van der Waals surface area contributed by atoms with Crippen molar-refractivity contribution < 1.29 is 13.2 Å². The molecule has 25 heavy (non-hydrogen) atoms. The third-order valence-corrected chi connectivity index (χ3v) is 7.65. The molecule has 138 valence electrons. The Labute approximate surface area is 150 Å². The molecule has 1 N–H and O–H groups in total. The van der Waals surface area contributed by atoms with Crippen molar-refractivity contribution >= 4 is 15.7 Å². The van der Waals surface area contributed by atoms with Crippen LogP contribution in [-0.4, -0.2) is 50.2 Å². The van der Waals surface area contributed by atoms with Crippen LogP contribution < -0.4 is 5.32 Å². The average Bonchev–Trinajstić information content (AvgIpc) is 3.32. The number of nitrogens with one attached hydrogen (secondary N) is 1. The smallest absolute Gasteiger partial charge is 0.254 e. The summed E-state index contributed by atoms with van der Waals surface area (Å²) in [5.41, 5.74) is 0.575. The SMILES string of the molecule is CCCN(C(=O)c1ccc(S(=O)(=O)C2CCCC2)cc1)C1CCNC1. The molecule has 0 bridgehead atoms. The molecule has 1 aliphatic carbocycles. The number of carbonyl (C=O) groups is 1. The van der Waals surface area contributed by atoms with Gasteiger partial charge in [0.25, 0.3) is 5.91 Å². The Morgan fingerprint density at radius 1 is 1.16 bits per heavy atom. The maximum Gasteiger partial charge on any atom is 0.254 e. The fourth-order valence-electron chi connectivity index (χ4n) is 3.94. The average molecular weight is 365 g/mol. The first kappa shape index (κ1) is 18.4. The highest BCUT2D eigenvalue weighted by Gasteiger charge is 2.31. The third-order valence-electron chi connectivity index (χ3n) is 5.37. The first-order valence-corrected chi connectivity index (χ1v) is 10.9. The minimum absolute atomic E-state index is 0.000337. The molecule has 1 saturated carbocycles. The van der Waals surface area contributed by atoms with Gasteiger partial charge in [-0.25, -0.2) is 8.42 Å². The third kappa shape index (κ3) is 3.90. The molecule has 1 aliphatic heterocycles.